The Labute approximate surface area is 319 Å². The number of hydrogen-bond acceptors (Lipinski definition) is 11. The molecule has 2 N–H and O–H groups in total. The van der Waals surface area contributed by atoms with E-state index in [0.717, 1.165) is 55.8 Å². The number of ether oxygens (including phenoxy) is 1. The fourth-order valence-electron chi connectivity index (χ4n) is 10.9. The fraction of sp³-hybridized carbons (Fsp3) is 0.744. The second kappa shape index (κ2) is 15.2. The number of halogens is 1. The van der Waals surface area contributed by atoms with E-state index in [1.807, 2.05) is 29.5 Å². The number of anilines is 1. The highest BCUT2D eigenvalue weighted by molar-refractivity contribution is 5.86. The van der Waals surface area contributed by atoms with Crippen molar-refractivity contribution in [2.24, 2.45) is 34.0 Å². The largest absolute Gasteiger partial charge is 0.461 e. The van der Waals surface area contributed by atoms with E-state index >= 15 is 0 Å². The normalized spacial score (nSPS) is 36.1. The second-order valence-corrected chi connectivity index (χ2v) is 17.0. The van der Waals surface area contributed by atoms with Gasteiger partial charge in [-0.15, -0.1) is 19.0 Å². The quantitative estimate of drug-likeness (QED) is 0.287. The molecule has 3 saturated carbocycles. The van der Waals surface area contributed by atoms with Gasteiger partial charge in [-0.3, -0.25) is 19.3 Å². The van der Waals surface area contributed by atoms with E-state index in [2.05, 4.69) is 57.4 Å². The number of Topliss-reactive ketones (excluding diaryl/α,β-unsaturated/α-hetero) is 1. The smallest absolute Gasteiger partial charge is 0.320 e. The van der Waals surface area contributed by atoms with Gasteiger partial charge in [0, 0.05) is 81.4 Å². The van der Waals surface area contributed by atoms with Gasteiger partial charge in [-0.05, 0) is 56.4 Å². The second-order valence-electron chi connectivity index (χ2n) is 17.0. The summed E-state index contributed by atoms with van der Waals surface area (Å²) in [6.07, 6.45) is 8.86. The molecule has 1 unspecified atom stereocenters. The number of nitrogens with zero attached hydrogens (tertiary/aromatic N) is 7. The number of carbonyl (C=O) groups excluding carboxylic acids is 3. The summed E-state index contributed by atoms with van der Waals surface area (Å²) >= 11 is 0. The highest BCUT2D eigenvalue weighted by Crippen LogP contribution is 2.68. The minimum atomic E-state index is -0.692. The Morgan fingerprint density at radius 2 is 1.85 bits per heavy atom. The Balaban J connectivity index is 0.00000481. The van der Waals surface area contributed by atoms with Crippen molar-refractivity contribution in [1.82, 2.24) is 34.6 Å². The van der Waals surface area contributed by atoms with Crippen LogP contribution in [0.25, 0.3) is 11.2 Å². The maximum Gasteiger partial charge on any atom is 0.320 e. The molecule has 0 aromatic carbocycles. The molecular formula is C39H59ClN8O5. The maximum atomic E-state index is 13.8. The van der Waals surface area contributed by atoms with Gasteiger partial charge in [0.05, 0.1) is 19.0 Å². The van der Waals surface area contributed by atoms with Crippen molar-refractivity contribution in [1.29, 1.82) is 0 Å². The molecule has 3 aliphatic carbocycles. The summed E-state index contributed by atoms with van der Waals surface area (Å²) in [5, 5.41) is 15.1. The van der Waals surface area contributed by atoms with Crippen molar-refractivity contribution in [2.75, 3.05) is 57.8 Å². The number of esters is 1. The van der Waals surface area contributed by atoms with Gasteiger partial charge >= 0.3 is 5.97 Å². The van der Waals surface area contributed by atoms with Gasteiger partial charge in [0.2, 0.25) is 5.91 Å². The van der Waals surface area contributed by atoms with Crippen LogP contribution in [-0.4, -0.2) is 123 Å². The van der Waals surface area contributed by atoms with Crippen LogP contribution in [0.2, 0.25) is 0 Å². The van der Waals surface area contributed by atoms with Crippen molar-refractivity contribution in [3.63, 3.8) is 0 Å². The molecule has 292 valence electrons. The van der Waals surface area contributed by atoms with E-state index in [0.29, 0.717) is 58.0 Å². The van der Waals surface area contributed by atoms with Crippen molar-refractivity contribution in [3.8, 4) is 0 Å². The zero-order chi connectivity index (χ0) is 37.0. The number of aromatic nitrogens is 4. The van der Waals surface area contributed by atoms with E-state index < -0.39 is 23.0 Å². The topological polar surface area (TPSA) is 146 Å². The zero-order valence-corrected chi connectivity index (χ0v) is 32.9. The lowest BCUT2D eigenvalue weighted by Gasteiger charge is -2.61. The summed E-state index contributed by atoms with van der Waals surface area (Å²) in [6.45, 7) is 17.2. The number of likely N-dealkylation sites (N-methyl/N-ethyl adjacent to an activating group) is 1. The number of carbonyl (C=O) groups is 3. The first-order valence-electron chi connectivity index (χ1n) is 19.5. The Hall–Kier alpha value is -3.13. The Morgan fingerprint density at radius 1 is 1.09 bits per heavy atom. The predicted molar refractivity (Wildman–Crippen MR) is 205 cm³/mol. The molecule has 13 nitrogen and oxygen atoms in total. The van der Waals surface area contributed by atoms with Gasteiger partial charge in [0.15, 0.2) is 17.0 Å². The molecule has 2 saturated heterocycles. The van der Waals surface area contributed by atoms with Crippen LogP contribution in [-0.2, 0) is 25.7 Å². The summed E-state index contributed by atoms with van der Waals surface area (Å²) in [5.74, 6) is 0.691. The highest BCUT2D eigenvalue weighted by atomic mass is 35.5. The summed E-state index contributed by atoms with van der Waals surface area (Å²) in [4.78, 5) is 60.6. The first-order chi connectivity index (χ1) is 24.8. The third kappa shape index (κ3) is 6.78. The SMILES string of the molecule is C=C[C@]1(C)C[C@@H](OC(=O)CN2CCN(C(=O)CCn3cnc4c(N5CCC(NC)C5)ncnc43)CC2)[C@]2(C)[C@H](C)CC[C@]3(CCC(=O)[C@@H]32)[C@@H](C)[C@@H]1O.Cl. The first kappa shape index (κ1) is 39.6. The molecule has 4 heterocycles. The van der Waals surface area contributed by atoms with E-state index in [4.69, 9.17) is 4.74 Å². The number of rotatable bonds is 9. The van der Waals surface area contributed by atoms with Crippen LogP contribution >= 0.6 is 12.4 Å². The van der Waals surface area contributed by atoms with Crippen LogP contribution in [0, 0.1) is 34.0 Å². The molecule has 0 radical (unpaired) electrons. The van der Waals surface area contributed by atoms with E-state index in [9.17, 15) is 19.5 Å². The molecule has 1 amide bonds. The number of aliphatic hydroxyl groups is 1. The summed E-state index contributed by atoms with van der Waals surface area (Å²) in [6, 6.07) is 0.424. The van der Waals surface area contributed by atoms with E-state index in [1.54, 1.807) is 12.7 Å². The average molecular weight is 755 g/mol. The Kier molecular flexibility index (Phi) is 11.3. The third-order valence-corrected chi connectivity index (χ3v) is 14.5. The van der Waals surface area contributed by atoms with Gasteiger partial charge in [-0.1, -0.05) is 33.8 Å². The van der Waals surface area contributed by atoms with Crippen molar-refractivity contribution in [2.45, 2.75) is 97.4 Å². The van der Waals surface area contributed by atoms with Crippen LogP contribution in [0.3, 0.4) is 0 Å². The standard InChI is InChI=1S/C39H58N8O5.ClH/c1-7-37(4)20-29(38(5)25(2)8-12-39(26(3)34(37)51)13-9-28(48)33(38)39)52-31(50)22-44-16-18-45(19-17-44)30(49)11-15-47-24-43-32-35(41-23-42-36(32)47)46-14-10-27(21-46)40-6;/h7,23-27,29,33-34,40,51H,1,8-22H2,2-6H3;1H/t25-,26+,27?,29-,33-,34+,37-,38+,39+;/m1./s1. The van der Waals surface area contributed by atoms with Crippen LogP contribution < -0.4 is 10.2 Å². The van der Waals surface area contributed by atoms with Crippen molar-refractivity contribution < 1.29 is 24.2 Å². The van der Waals surface area contributed by atoms with Crippen LogP contribution in [0.5, 0.6) is 0 Å². The molecule has 0 spiro atoms. The number of amides is 1. The number of imidazole rings is 1. The molecule has 5 aliphatic rings. The van der Waals surface area contributed by atoms with Crippen molar-refractivity contribution >= 4 is 47.0 Å². The van der Waals surface area contributed by atoms with Gasteiger partial charge in [0.25, 0.3) is 0 Å². The summed E-state index contributed by atoms with van der Waals surface area (Å²) in [5.41, 5.74) is -0.0201. The van der Waals surface area contributed by atoms with E-state index in [-0.39, 0.29) is 59.8 Å². The minimum absolute atomic E-state index is 0. The number of aliphatic hydroxyl groups excluding tert-OH is 1. The van der Waals surface area contributed by atoms with Gasteiger partial charge in [-0.25, -0.2) is 15.0 Å². The lowest BCUT2D eigenvalue weighted by atomic mass is 9.44. The molecule has 2 aromatic heterocycles. The predicted octanol–water partition coefficient (Wildman–Crippen LogP) is 3.49. The summed E-state index contributed by atoms with van der Waals surface area (Å²) < 4.78 is 8.40. The highest BCUT2D eigenvalue weighted by Gasteiger charge is 2.68. The van der Waals surface area contributed by atoms with Gasteiger partial charge in [-0.2, -0.15) is 0 Å². The van der Waals surface area contributed by atoms with Gasteiger partial charge in [0.1, 0.15) is 18.2 Å². The Bertz CT molecular complexity index is 1700. The fourth-order valence-corrected chi connectivity index (χ4v) is 10.9. The van der Waals surface area contributed by atoms with Crippen LogP contribution in [0.1, 0.15) is 72.6 Å². The van der Waals surface area contributed by atoms with Crippen LogP contribution in [0.15, 0.2) is 25.3 Å². The molecule has 7 rings (SSSR count). The number of aryl methyl sites for hydroxylation is 1. The number of ketones is 1. The Morgan fingerprint density at radius 3 is 2.55 bits per heavy atom. The van der Waals surface area contributed by atoms with Gasteiger partial charge < -0.3 is 29.5 Å². The summed E-state index contributed by atoms with van der Waals surface area (Å²) in [7, 11) is 1.98. The number of piperazine rings is 1. The number of fused-ring (bicyclic) bond motifs is 1. The number of hydrogen-bond donors (Lipinski definition) is 2. The maximum absolute atomic E-state index is 13.8. The number of nitrogens with one attached hydrogen (secondary N) is 1. The lowest BCUT2D eigenvalue weighted by molar-refractivity contribution is -0.207. The zero-order valence-electron chi connectivity index (χ0n) is 32.1. The first-order valence-corrected chi connectivity index (χ1v) is 19.5. The van der Waals surface area contributed by atoms with E-state index in [1.165, 1.54) is 0 Å². The minimum Gasteiger partial charge on any atom is -0.461 e. The molecular weight excluding hydrogens is 696 g/mol. The molecule has 2 aromatic rings. The molecule has 14 heteroatoms. The third-order valence-electron chi connectivity index (χ3n) is 14.5. The molecule has 9 atom stereocenters. The molecule has 2 bridgehead atoms. The monoisotopic (exact) mass is 754 g/mol. The molecule has 2 aliphatic heterocycles. The van der Waals surface area contributed by atoms with Crippen molar-refractivity contribution in [3.05, 3.63) is 25.3 Å². The molecule has 53 heavy (non-hydrogen) atoms. The lowest BCUT2D eigenvalue weighted by Crippen LogP contribution is -2.63. The molecule has 5 fully saturated rings. The average Bonchev–Trinajstić information content (AvgIpc) is 3.89. The van der Waals surface area contributed by atoms with Crippen LogP contribution in [0.4, 0.5) is 5.82 Å².